The monoisotopic (exact) mass is 435 g/mol. The highest BCUT2D eigenvalue weighted by Gasteiger charge is 2.24. The highest BCUT2D eigenvalue weighted by molar-refractivity contribution is 5.80. The molecule has 1 unspecified atom stereocenters. The van der Waals surface area contributed by atoms with E-state index in [9.17, 15) is 0 Å². The average molecular weight is 436 g/mol. The molecule has 2 aliphatic rings. The van der Waals surface area contributed by atoms with Gasteiger partial charge >= 0.3 is 0 Å². The number of benzene rings is 2. The van der Waals surface area contributed by atoms with Crippen LogP contribution < -0.4 is 15.0 Å². The van der Waals surface area contributed by atoms with Crippen molar-refractivity contribution < 1.29 is 4.74 Å². The van der Waals surface area contributed by atoms with Crippen molar-refractivity contribution in [1.29, 1.82) is 0 Å². The maximum absolute atomic E-state index is 5.38. The highest BCUT2D eigenvalue weighted by atomic mass is 16.5. The molecule has 0 aromatic heterocycles. The van der Waals surface area contributed by atoms with E-state index < -0.39 is 0 Å². The molecule has 2 aromatic carbocycles. The fraction of sp³-hybridized carbons (Fsp3) is 0.500. The molecule has 2 heterocycles. The number of anilines is 1. The molecule has 6 heteroatoms. The van der Waals surface area contributed by atoms with Crippen molar-refractivity contribution >= 4 is 11.6 Å². The number of methoxy groups -OCH3 is 1. The van der Waals surface area contributed by atoms with E-state index in [1.165, 1.54) is 30.8 Å². The third-order valence-corrected chi connectivity index (χ3v) is 6.69. The first-order valence-corrected chi connectivity index (χ1v) is 11.9. The van der Waals surface area contributed by atoms with Crippen molar-refractivity contribution in [3.05, 3.63) is 60.2 Å². The predicted molar refractivity (Wildman–Crippen MR) is 133 cm³/mol. The van der Waals surface area contributed by atoms with E-state index in [0.717, 1.165) is 57.4 Å². The Morgan fingerprint density at radius 2 is 1.84 bits per heavy atom. The van der Waals surface area contributed by atoms with E-state index in [1.54, 1.807) is 7.11 Å². The molecule has 0 bridgehead atoms. The van der Waals surface area contributed by atoms with Crippen LogP contribution >= 0.6 is 0 Å². The van der Waals surface area contributed by atoms with Crippen LogP contribution in [0.1, 0.15) is 12.0 Å². The third kappa shape index (κ3) is 5.94. The second kappa shape index (κ2) is 11.2. The Labute approximate surface area is 192 Å². The molecule has 2 fully saturated rings. The Bertz CT molecular complexity index is 864. The van der Waals surface area contributed by atoms with Gasteiger partial charge in [0, 0.05) is 64.6 Å². The van der Waals surface area contributed by atoms with Gasteiger partial charge in [-0.25, -0.2) is 0 Å². The number of hydrogen-bond acceptors (Lipinski definition) is 4. The molecular formula is C26H37N5O. The number of piperazine rings is 1. The smallest absolute Gasteiger partial charge is 0.193 e. The zero-order valence-corrected chi connectivity index (χ0v) is 19.5. The molecule has 32 heavy (non-hydrogen) atoms. The van der Waals surface area contributed by atoms with E-state index in [2.05, 4.69) is 73.5 Å². The number of likely N-dealkylation sites (tertiary alicyclic amines) is 1. The lowest BCUT2D eigenvalue weighted by Gasteiger charge is -2.38. The molecule has 1 N–H and O–H groups in total. The summed E-state index contributed by atoms with van der Waals surface area (Å²) in [5.41, 5.74) is 2.66. The lowest BCUT2D eigenvalue weighted by atomic mass is 10.1. The van der Waals surface area contributed by atoms with Crippen molar-refractivity contribution in [1.82, 2.24) is 15.1 Å². The van der Waals surface area contributed by atoms with Crippen LogP contribution in [0.5, 0.6) is 5.75 Å². The minimum atomic E-state index is 0.695. The van der Waals surface area contributed by atoms with Gasteiger partial charge in [0.1, 0.15) is 5.75 Å². The second-order valence-corrected chi connectivity index (χ2v) is 8.79. The zero-order chi connectivity index (χ0) is 22.2. The Morgan fingerprint density at radius 3 is 2.59 bits per heavy atom. The number of nitrogens with zero attached hydrogens (tertiary/aromatic N) is 4. The summed E-state index contributed by atoms with van der Waals surface area (Å²) in [6.45, 7) is 8.48. The van der Waals surface area contributed by atoms with Gasteiger partial charge in [-0.2, -0.15) is 0 Å². The lowest BCUT2D eigenvalue weighted by molar-refractivity contribution is 0.325. The Hall–Kier alpha value is -2.73. The van der Waals surface area contributed by atoms with E-state index in [4.69, 9.17) is 4.74 Å². The molecule has 0 amide bonds. The summed E-state index contributed by atoms with van der Waals surface area (Å²) in [6, 6.07) is 19.2. The molecule has 172 valence electrons. The Morgan fingerprint density at radius 1 is 1.03 bits per heavy atom. The van der Waals surface area contributed by atoms with Crippen molar-refractivity contribution in [3.63, 3.8) is 0 Å². The standard InChI is InChI=1S/C26H37N5O/c1-27-26(31-17-15-30(16-18-31)24-9-6-10-25(19-24)32-2)28-20-23-12-14-29(21-23)13-11-22-7-4-3-5-8-22/h3-10,19,23H,11-18,20-21H2,1-2H3,(H,27,28). The summed E-state index contributed by atoms with van der Waals surface area (Å²) in [6.07, 6.45) is 2.41. The first-order valence-electron chi connectivity index (χ1n) is 11.9. The minimum Gasteiger partial charge on any atom is -0.497 e. The number of rotatable bonds is 7. The van der Waals surface area contributed by atoms with Crippen LogP contribution in [0.3, 0.4) is 0 Å². The van der Waals surface area contributed by atoms with Gasteiger partial charge in [-0.1, -0.05) is 36.4 Å². The van der Waals surface area contributed by atoms with Crippen LogP contribution in [0, 0.1) is 5.92 Å². The first-order chi connectivity index (χ1) is 15.7. The molecule has 0 saturated carbocycles. The lowest BCUT2D eigenvalue weighted by Crippen LogP contribution is -2.53. The Kier molecular flexibility index (Phi) is 7.88. The number of hydrogen-bond donors (Lipinski definition) is 1. The SMILES string of the molecule is CN=C(NCC1CCN(CCc2ccccc2)C1)N1CCN(c2cccc(OC)c2)CC1. The molecule has 2 saturated heterocycles. The van der Waals surface area contributed by atoms with Gasteiger partial charge < -0.3 is 24.8 Å². The number of guanidine groups is 1. The Balaban J connectivity index is 1.19. The maximum atomic E-state index is 5.38. The molecule has 0 aliphatic carbocycles. The third-order valence-electron chi connectivity index (χ3n) is 6.69. The molecule has 0 spiro atoms. The molecule has 0 radical (unpaired) electrons. The van der Waals surface area contributed by atoms with Crippen molar-refractivity contribution in [3.8, 4) is 5.75 Å². The van der Waals surface area contributed by atoms with Gasteiger partial charge in [0.05, 0.1) is 7.11 Å². The average Bonchev–Trinajstić information content (AvgIpc) is 3.32. The van der Waals surface area contributed by atoms with Crippen molar-refractivity contribution in [2.75, 3.05) is 71.4 Å². The van der Waals surface area contributed by atoms with Crippen LogP contribution in [0.25, 0.3) is 0 Å². The summed E-state index contributed by atoms with van der Waals surface area (Å²) in [5.74, 6) is 2.65. The number of aliphatic imine (C=N–C) groups is 1. The van der Waals surface area contributed by atoms with Crippen LogP contribution in [0.2, 0.25) is 0 Å². The van der Waals surface area contributed by atoms with Crippen LogP contribution in [0.15, 0.2) is 59.6 Å². The molecular weight excluding hydrogens is 398 g/mol. The minimum absolute atomic E-state index is 0.695. The fourth-order valence-electron chi connectivity index (χ4n) is 4.77. The van der Waals surface area contributed by atoms with Gasteiger partial charge in [0.15, 0.2) is 5.96 Å². The van der Waals surface area contributed by atoms with Crippen molar-refractivity contribution in [2.24, 2.45) is 10.9 Å². The molecule has 2 aromatic rings. The van der Waals surface area contributed by atoms with E-state index in [0.29, 0.717) is 5.92 Å². The summed E-state index contributed by atoms with van der Waals surface area (Å²) in [5, 5.41) is 3.66. The van der Waals surface area contributed by atoms with Crippen molar-refractivity contribution in [2.45, 2.75) is 12.8 Å². The quantitative estimate of drug-likeness (QED) is 0.535. The van der Waals surface area contributed by atoms with Gasteiger partial charge in [0.2, 0.25) is 0 Å². The van der Waals surface area contributed by atoms with Crippen LogP contribution in [-0.4, -0.2) is 82.3 Å². The topological polar surface area (TPSA) is 43.3 Å². The predicted octanol–water partition coefficient (Wildman–Crippen LogP) is 2.96. The fourth-order valence-corrected chi connectivity index (χ4v) is 4.77. The number of ether oxygens (including phenoxy) is 1. The summed E-state index contributed by atoms with van der Waals surface area (Å²) in [7, 11) is 3.62. The van der Waals surface area contributed by atoms with Gasteiger partial charge in [-0.3, -0.25) is 4.99 Å². The molecule has 6 nitrogen and oxygen atoms in total. The maximum Gasteiger partial charge on any atom is 0.193 e. The highest BCUT2D eigenvalue weighted by Crippen LogP contribution is 2.22. The normalized spacial score (nSPS) is 19.9. The number of nitrogens with one attached hydrogen (secondary N) is 1. The molecule has 1 atom stereocenters. The van der Waals surface area contributed by atoms with E-state index >= 15 is 0 Å². The molecule has 4 rings (SSSR count). The largest absolute Gasteiger partial charge is 0.497 e. The van der Waals surface area contributed by atoms with Gasteiger partial charge in [-0.05, 0) is 43.0 Å². The molecule has 2 aliphatic heterocycles. The summed E-state index contributed by atoms with van der Waals surface area (Å²) >= 11 is 0. The first kappa shape index (κ1) is 22.5. The summed E-state index contributed by atoms with van der Waals surface area (Å²) in [4.78, 5) is 12.0. The van der Waals surface area contributed by atoms with Gasteiger partial charge in [0.25, 0.3) is 0 Å². The zero-order valence-electron chi connectivity index (χ0n) is 19.5. The van der Waals surface area contributed by atoms with E-state index in [-0.39, 0.29) is 0 Å². The van der Waals surface area contributed by atoms with E-state index in [1.807, 2.05) is 13.1 Å². The second-order valence-electron chi connectivity index (χ2n) is 8.79. The van der Waals surface area contributed by atoms with Crippen LogP contribution in [0.4, 0.5) is 5.69 Å². The van der Waals surface area contributed by atoms with Crippen LogP contribution in [-0.2, 0) is 6.42 Å². The van der Waals surface area contributed by atoms with Gasteiger partial charge in [-0.15, -0.1) is 0 Å². The summed E-state index contributed by atoms with van der Waals surface area (Å²) < 4.78 is 5.38.